The normalized spacial score (nSPS) is 30.5. The fourth-order valence-electron chi connectivity index (χ4n) is 4.54. The monoisotopic (exact) mass is 323 g/mol. The summed E-state index contributed by atoms with van der Waals surface area (Å²) >= 11 is 0. The maximum absolute atomic E-state index is 9.87. The molecule has 2 bridgehead atoms. The van der Waals surface area contributed by atoms with Gasteiger partial charge in [-0.25, -0.2) is 0 Å². The average molecular weight is 324 g/mol. The van der Waals surface area contributed by atoms with Crippen LogP contribution in [-0.2, 0) is 11.8 Å². The Morgan fingerprint density at radius 1 is 1.32 bits per heavy atom. The molecule has 1 heterocycles. The molecular formula is C19H30ClNO. The highest BCUT2D eigenvalue weighted by molar-refractivity contribution is 5.85. The molecule has 0 saturated carbocycles. The number of benzene rings is 1. The van der Waals surface area contributed by atoms with E-state index in [1.165, 1.54) is 49.9 Å². The van der Waals surface area contributed by atoms with Crippen LogP contribution in [0.2, 0.25) is 0 Å². The summed E-state index contributed by atoms with van der Waals surface area (Å²) in [6.07, 6.45) is 6.35. The molecule has 3 atom stereocenters. The first-order valence-corrected chi connectivity index (χ1v) is 8.62. The molecule has 0 aromatic heterocycles. The molecule has 1 aliphatic heterocycles. The summed E-state index contributed by atoms with van der Waals surface area (Å²) in [7, 11) is 0. The van der Waals surface area contributed by atoms with Crippen molar-refractivity contribution in [3.05, 3.63) is 29.3 Å². The summed E-state index contributed by atoms with van der Waals surface area (Å²) < 4.78 is 0. The SMILES string of the molecule is CCCCCN1CCC2(C)c3cc(O)ccc3CC1C2C.Cl. The molecule has 22 heavy (non-hydrogen) atoms. The van der Waals surface area contributed by atoms with Crippen molar-refractivity contribution in [3.8, 4) is 5.75 Å². The second kappa shape index (κ2) is 6.80. The Hall–Kier alpha value is -0.730. The molecule has 1 saturated heterocycles. The van der Waals surface area contributed by atoms with Crippen LogP contribution < -0.4 is 0 Å². The van der Waals surface area contributed by atoms with Crippen molar-refractivity contribution in [3.63, 3.8) is 0 Å². The van der Waals surface area contributed by atoms with Crippen molar-refractivity contribution < 1.29 is 5.11 Å². The number of piperidine rings is 1. The van der Waals surface area contributed by atoms with Crippen LogP contribution in [0.4, 0.5) is 0 Å². The highest BCUT2D eigenvalue weighted by Crippen LogP contribution is 2.49. The van der Waals surface area contributed by atoms with E-state index in [4.69, 9.17) is 0 Å². The largest absolute Gasteiger partial charge is 0.508 e. The van der Waals surface area contributed by atoms with Crippen LogP contribution in [-0.4, -0.2) is 29.1 Å². The van der Waals surface area contributed by atoms with E-state index < -0.39 is 0 Å². The molecule has 1 fully saturated rings. The second-order valence-corrected chi connectivity index (χ2v) is 7.31. The van der Waals surface area contributed by atoms with E-state index >= 15 is 0 Å². The van der Waals surface area contributed by atoms with Crippen LogP contribution in [0.25, 0.3) is 0 Å². The lowest BCUT2D eigenvalue weighted by Crippen LogP contribution is -2.58. The van der Waals surface area contributed by atoms with Gasteiger partial charge in [0.25, 0.3) is 0 Å². The van der Waals surface area contributed by atoms with Gasteiger partial charge in [-0.2, -0.15) is 0 Å². The summed E-state index contributed by atoms with van der Waals surface area (Å²) in [5, 5.41) is 9.87. The first-order chi connectivity index (χ1) is 10.1. The molecule has 0 radical (unpaired) electrons. The van der Waals surface area contributed by atoms with Crippen LogP contribution in [0.15, 0.2) is 18.2 Å². The number of hydrogen-bond acceptors (Lipinski definition) is 2. The summed E-state index contributed by atoms with van der Waals surface area (Å²) in [6, 6.07) is 6.71. The molecule has 1 aliphatic carbocycles. The van der Waals surface area contributed by atoms with Gasteiger partial charge in [-0.05, 0) is 66.9 Å². The van der Waals surface area contributed by atoms with Gasteiger partial charge in [0.05, 0.1) is 0 Å². The van der Waals surface area contributed by atoms with E-state index in [0.717, 1.165) is 6.42 Å². The number of hydrogen-bond donors (Lipinski definition) is 1. The maximum Gasteiger partial charge on any atom is 0.115 e. The first kappa shape index (κ1) is 17.6. The van der Waals surface area contributed by atoms with Crippen LogP contribution >= 0.6 is 12.4 Å². The van der Waals surface area contributed by atoms with Gasteiger partial charge in [0.15, 0.2) is 0 Å². The van der Waals surface area contributed by atoms with E-state index in [1.807, 2.05) is 12.1 Å². The van der Waals surface area contributed by atoms with Crippen molar-refractivity contribution in [1.82, 2.24) is 4.90 Å². The Kier molecular flexibility index (Phi) is 5.45. The smallest absolute Gasteiger partial charge is 0.115 e. The average Bonchev–Trinajstić information content (AvgIpc) is 2.46. The molecule has 1 aromatic carbocycles. The standard InChI is InChI=1S/C19H29NO.ClH/c1-4-5-6-10-20-11-9-19(3)14(2)18(20)12-15-7-8-16(21)13-17(15)19;/h7-8,13-14,18,21H,4-6,9-12H2,1-3H3;1H. The number of rotatable bonds is 4. The quantitative estimate of drug-likeness (QED) is 0.823. The van der Waals surface area contributed by atoms with Gasteiger partial charge in [-0.1, -0.05) is 39.7 Å². The van der Waals surface area contributed by atoms with Crippen LogP contribution in [0, 0.1) is 5.92 Å². The molecule has 0 spiro atoms. The van der Waals surface area contributed by atoms with Crippen LogP contribution in [0.1, 0.15) is 57.6 Å². The van der Waals surface area contributed by atoms with Gasteiger partial charge in [0.1, 0.15) is 5.75 Å². The highest BCUT2D eigenvalue weighted by atomic mass is 35.5. The topological polar surface area (TPSA) is 23.5 Å². The predicted molar refractivity (Wildman–Crippen MR) is 95.1 cm³/mol. The molecule has 3 heteroatoms. The Labute approximate surface area is 141 Å². The second-order valence-electron chi connectivity index (χ2n) is 7.31. The Morgan fingerprint density at radius 2 is 2.09 bits per heavy atom. The highest BCUT2D eigenvalue weighted by Gasteiger charge is 2.48. The molecule has 0 amide bonds. The van der Waals surface area contributed by atoms with Crippen LogP contribution in [0.5, 0.6) is 5.75 Å². The van der Waals surface area contributed by atoms with Crippen molar-refractivity contribution in [2.45, 2.75) is 64.3 Å². The lowest BCUT2D eigenvalue weighted by Gasteiger charge is -2.54. The van der Waals surface area contributed by atoms with E-state index in [0.29, 0.717) is 17.7 Å². The molecule has 1 aromatic rings. The zero-order valence-electron chi connectivity index (χ0n) is 14.1. The van der Waals surface area contributed by atoms with Crippen molar-refractivity contribution in [1.29, 1.82) is 0 Å². The lowest BCUT2D eigenvalue weighted by molar-refractivity contribution is 0.0303. The molecular weight excluding hydrogens is 294 g/mol. The Balaban J connectivity index is 0.00000176. The maximum atomic E-state index is 9.87. The van der Waals surface area contributed by atoms with Gasteiger partial charge in [-0.3, -0.25) is 4.90 Å². The molecule has 2 aliphatic rings. The van der Waals surface area contributed by atoms with Crippen molar-refractivity contribution >= 4 is 12.4 Å². The minimum atomic E-state index is 0. The third-order valence-corrected chi connectivity index (χ3v) is 6.16. The number of fused-ring (bicyclic) bond motifs is 4. The molecule has 124 valence electrons. The number of phenolic OH excluding ortho intramolecular Hbond substituents is 1. The zero-order valence-corrected chi connectivity index (χ0v) is 15.0. The van der Waals surface area contributed by atoms with E-state index in [-0.39, 0.29) is 17.8 Å². The first-order valence-electron chi connectivity index (χ1n) is 8.62. The number of aromatic hydroxyl groups is 1. The fourth-order valence-corrected chi connectivity index (χ4v) is 4.54. The summed E-state index contributed by atoms with van der Waals surface area (Å²) in [4.78, 5) is 2.73. The third-order valence-electron chi connectivity index (χ3n) is 6.16. The molecule has 2 nitrogen and oxygen atoms in total. The molecule has 3 rings (SSSR count). The van der Waals surface area contributed by atoms with E-state index in [9.17, 15) is 5.11 Å². The number of unbranched alkanes of at least 4 members (excludes halogenated alkanes) is 2. The summed E-state index contributed by atoms with van der Waals surface area (Å²) in [6.45, 7) is 9.57. The Morgan fingerprint density at radius 3 is 2.82 bits per heavy atom. The van der Waals surface area contributed by atoms with E-state index in [2.05, 4.69) is 31.7 Å². The summed E-state index contributed by atoms with van der Waals surface area (Å²) in [5.74, 6) is 1.09. The summed E-state index contributed by atoms with van der Waals surface area (Å²) in [5.41, 5.74) is 3.09. The molecule has 1 N–H and O–H groups in total. The van der Waals surface area contributed by atoms with Gasteiger partial charge >= 0.3 is 0 Å². The van der Waals surface area contributed by atoms with E-state index in [1.54, 1.807) is 0 Å². The Bertz CT molecular complexity index is 518. The lowest BCUT2D eigenvalue weighted by atomic mass is 9.59. The third kappa shape index (κ3) is 2.88. The molecule has 3 unspecified atom stereocenters. The van der Waals surface area contributed by atoms with Crippen molar-refractivity contribution in [2.75, 3.05) is 13.1 Å². The zero-order chi connectivity index (χ0) is 15.0. The van der Waals surface area contributed by atoms with Gasteiger partial charge in [0.2, 0.25) is 0 Å². The van der Waals surface area contributed by atoms with Crippen molar-refractivity contribution in [2.24, 2.45) is 5.92 Å². The minimum absolute atomic E-state index is 0. The fraction of sp³-hybridized carbons (Fsp3) is 0.684. The number of likely N-dealkylation sites (tertiary alicyclic amines) is 1. The predicted octanol–water partition coefficient (Wildman–Crippen LogP) is 4.53. The van der Waals surface area contributed by atoms with Gasteiger partial charge < -0.3 is 5.11 Å². The number of halogens is 1. The van der Waals surface area contributed by atoms with Gasteiger partial charge in [0, 0.05) is 6.04 Å². The van der Waals surface area contributed by atoms with Gasteiger partial charge in [-0.15, -0.1) is 12.4 Å². The van der Waals surface area contributed by atoms with Crippen LogP contribution in [0.3, 0.4) is 0 Å². The number of nitrogens with zero attached hydrogens (tertiary/aromatic N) is 1. The minimum Gasteiger partial charge on any atom is -0.508 e. The number of phenols is 1.